The van der Waals surface area contributed by atoms with Crippen LogP contribution in [0, 0.1) is 6.92 Å². The van der Waals surface area contributed by atoms with Crippen molar-refractivity contribution in [3.63, 3.8) is 0 Å². The van der Waals surface area contributed by atoms with Crippen LogP contribution in [-0.4, -0.2) is 60.7 Å². The molecule has 0 unspecified atom stereocenters. The first-order valence-electron chi connectivity index (χ1n) is 9.74. The minimum absolute atomic E-state index is 0.129. The van der Waals surface area contributed by atoms with Gasteiger partial charge in [0, 0.05) is 31.6 Å². The molecule has 0 spiro atoms. The number of nitrogens with zero attached hydrogens (tertiary/aromatic N) is 4. The summed E-state index contributed by atoms with van der Waals surface area (Å²) in [6.45, 7) is 6.25. The van der Waals surface area contributed by atoms with Crippen LogP contribution in [-0.2, 0) is 28.9 Å². The van der Waals surface area contributed by atoms with Crippen LogP contribution in [0.15, 0.2) is 24.3 Å². The van der Waals surface area contributed by atoms with Crippen LogP contribution in [0.2, 0.25) is 0 Å². The Balaban J connectivity index is 1.52. The highest BCUT2D eigenvalue weighted by Crippen LogP contribution is 2.27. The monoisotopic (exact) mass is 382 g/mol. The van der Waals surface area contributed by atoms with E-state index in [0.717, 1.165) is 53.7 Å². The van der Waals surface area contributed by atoms with Crippen molar-refractivity contribution in [2.24, 2.45) is 0 Å². The van der Waals surface area contributed by atoms with E-state index in [-0.39, 0.29) is 5.91 Å². The summed E-state index contributed by atoms with van der Waals surface area (Å²) in [5.41, 5.74) is 3.15. The van der Waals surface area contributed by atoms with Crippen LogP contribution in [0.25, 0.3) is 0 Å². The van der Waals surface area contributed by atoms with E-state index in [9.17, 15) is 4.79 Å². The Bertz CT molecular complexity index is 847. The molecule has 1 fully saturated rings. The molecule has 1 amide bonds. The number of carbonyl (C=O) groups excluding carboxylic acids is 1. The fourth-order valence-electron chi connectivity index (χ4n) is 3.80. The van der Waals surface area contributed by atoms with Crippen LogP contribution >= 0.6 is 0 Å². The summed E-state index contributed by atoms with van der Waals surface area (Å²) in [5.74, 6) is 2.68. The highest BCUT2D eigenvalue weighted by Gasteiger charge is 2.27. The van der Waals surface area contributed by atoms with Crippen molar-refractivity contribution >= 4 is 11.7 Å². The van der Waals surface area contributed by atoms with Gasteiger partial charge < -0.3 is 19.3 Å². The third kappa shape index (κ3) is 3.94. The van der Waals surface area contributed by atoms with Gasteiger partial charge in [-0.25, -0.2) is 9.97 Å². The molecule has 28 heavy (non-hydrogen) atoms. The molecule has 2 aliphatic rings. The van der Waals surface area contributed by atoms with Gasteiger partial charge in [-0.15, -0.1) is 0 Å². The SMILES string of the molecule is COc1ccc(CC(=O)N2CCc3nc(C)nc(N4CCOCC4)c3C2)cc1. The first-order chi connectivity index (χ1) is 13.6. The number of carbonyl (C=O) groups is 1. The highest BCUT2D eigenvalue weighted by molar-refractivity contribution is 5.79. The minimum atomic E-state index is 0.129. The Labute approximate surface area is 165 Å². The molecule has 4 rings (SSSR count). The lowest BCUT2D eigenvalue weighted by molar-refractivity contribution is -0.131. The van der Waals surface area contributed by atoms with Crippen molar-refractivity contribution in [1.29, 1.82) is 0 Å². The van der Waals surface area contributed by atoms with Crippen molar-refractivity contribution in [3.8, 4) is 5.75 Å². The average molecular weight is 382 g/mol. The zero-order valence-corrected chi connectivity index (χ0v) is 16.5. The van der Waals surface area contributed by atoms with E-state index in [2.05, 4.69) is 9.88 Å². The molecule has 0 saturated carbocycles. The number of hydrogen-bond donors (Lipinski definition) is 0. The normalized spacial score (nSPS) is 16.6. The number of benzene rings is 1. The maximum Gasteiger partial charge on any atom is 0.227 e. The van der Waals surface area contributed by atoms with Gasteiger partial charge in [-0.2, -0.15) is 0 Å². The summed E-state index contributed by atoms with van der Waals surface area (Å²) in [7, 11) is 1.64. The molecule has 1 saturated heterocycles. The number of anilines is 1. The number of rotatable bonds is 4. The maximum absolute atomic E-state index is 12.9. The average Bonchev–Trinajstić information content (AvgIpc) is 2.74. The number of amides is 1. The second-order valence-corrected chi connectivity index (χ2v) is 7.21. The second kappa shape index (κ2) is 8.14. The molecule has 3 heterocycles. The van der Waals surface area contributed by atoms with Crippen molar-refractivity contribution < 1.29 is 14.3 Å². The van der Waals surface area contributed by atoms with Gasteiger partial charge in [0.05, 0.1) is 39.0 Å². The fourth-order valence-corrected chi connectivity index (χ4v) is 3.80. The number of ether oxygens (including phenoxy) is 2. The molecule has 1 aromatic carbocycles. The van der Waals surface area contributed by atoms with Gasteiger partial charge in [-0.1, -0.05) is 12.1 Å². The number of aryl methyl sites for hydroxylation is 1. The van der Waals surface area contributed by atoms with Crippen molar-refractivity contribution in [2.45, 2.75) is 26.3 Å². The lowest BCUT2D eigenvalue weighted by Gasteiger charge is -2.34. The van der Waals surface area contributed by atoms with E-state index in [1.54, 1.807) is 7.11 Å². The quantitative estimate of drug-likeness (QED) is 0.803. The number of fused-ring (bicyclic) bond motifs is 1. The second-order valence-electron chi connectivity index (χ2n) is 7.21. The molecule has 148 valence electrons. The number of hydrogen-bond acceptors (Lipinski definition) is 6. The van der Waals surface area contributed by atoms with E-state index in [1.165, 1.54) is 0 Å². The van der Waals surface area contributed by atoms with Crippen LogP contribution in [0.1, 0.15) is 22.6 Å². The zero-order chi connectivity index (χ0) is 19.5. The third-order valence-corrected chi connectivity index (χ3v) is 5.33. The lowest BCUT2D eigenvalue weighted by Crippen LogP contribution is -2.41. The van der Waals surface area contributed by atoms with Gasteiger partial charge in [-0.3, -0.25) is 4.79 Å². The summed E-state index contributed by atoms with van der Waals surface area (Å²) in [5, 5.41) is 0. The Kier molecular flexibility index (Phi) is 5.43. The van der Waals surface area contributed by atoms with Crippen LogP contribution < -0.4 is 9.64 Å². The largest absolute Gasteiger partial charge is 0.497 e. The van der Waals surface area contributed by atoms with E-state index >= 15 is 0 Å². The van der Waals surface area contributed by atoms with Gasteiger partial charge in [-0.05, 0) is 24.6 Å². The highest BCUT2D eigenvalue weighted by atomic mass is 16.5. The molecule has 2 aromatic rings. The van der Waals surface area contributed by atoms with Gasteiger partial charge in [0.15, 0.2) is 0 Å². The van der Waals surface area contributed by atoms with E-state index in [1.807, 2.05) is 36.1 Å². The van der Waals surface area contributed by atoms with Crippen LogP contribution in [0.5, 0.6) is 5.75 Å². The molecule has 0 radical (unpaired) electrons. The van der Waals surface area contributed by atoms with E-state index < -0.39 is 0 Å². The van der Waals surface area contributed by atoms with Gasteiger partial charge in [0.2, 0.25) is 5.91 Å². The standard InChI is InChI=1S/C21H26N4O3/c1-15-22-19-7-8-25(20(26)13-16-3-5-17(27-2)6-4-16)14-18(19)21(23-15)24-9-11-28-12-10-24/h3-6H,7-14H2,1-2H3. The summed E-state index contributed by atoms with van der Waals surface area (Å²) in [4.78, 5) is 26.5. The number of morpholine rings is 1. The van der Waals surface area contributed by atoms with Crippen molar-refractivity contribution in [2.75, 3.05) is 44.9 Å². The number of methoxy groups -OCH3 is 1. The summed E-state index contributed by atoms with van der Waals surface area (Å²) in [6, 6.07) is 7.67. The van der Waals surface area contributed by atoms with Crippen molar-refractivity contribution in [1.82, 2.24) is 14.9 Å². The Morgan fingerprint density at radius 2 is 1.89 bits per heavy atom. The Morgan fingerprint density at radius 3 is 2.61 bits per heavy atom. The minimum Gasteiger partial charge on any atom is -0.497 e. The molecule has 0 aliphatic carbocycles. The summed E-state index contributed by atoms with van der Waals surface area (Å²) < 4.78 is 10.7. The topological polar surface area (TPSA) is 67.8 Å². The molecule has 7 nitrogen and oxygen atoms in total. The lowest BCUT2D eigenvalue weighted by atomic mass is 10.0. The Hall–Kier alpha value is -2.67. The first-order valence-corrected chi connectivity index (χ1v) is 9.74. The number of aromatic nitrogens is 2. The van der Waals surface area contributed by atoms with Gasteiger partial charge in [0.25, 0.3) is 0 Å². The predicted molar refractivity (Wildman–Crippen MR) is 106 cm³/mol. The molecule has 0 bridgehead atoms. The van der Waals surface area contributed by atoms with Crippen molar-refractivity contribution in [3.05, 3.63) is 46.9 Å². The maximum atomic E-state index is 12.9. The molecule has 1 aromatic heterocycles. The van der Waals surface area contributed by atoms with E-state index in [0.29, 0.717) is 32.7 Å². The first kappa shape index (κ1) is 18.7. The smallest absolute Gasteiger partial charge is 0.227 e. The fraction of sp³-hybridized carbons (Fsp3) is 0.476. The van der Waals surface area contributed by atoms with Crippen LogP contribution in [0.4, 0.5) is 5.82 Å². The van der Waals surface area contributed by atoms with Crippen LogP contribution in [0.3, 0.4) is 0 Å². The molecule has 2 aliphatic heterocycles. The molecule has 0 N–H and O–H groups in total. The summed E-state index contributed by atoms with van der Waals surface area (Å²) in [6.07, 6.45) is 1.16. The molecular weight excluding hydrogens is 356 g/mol. The zero-order valence-electron chi connectivity index (χ0n) is 16.5. The third-order valence-electron chi connectivity index (χ3n) is 5.33. The van der Waals surface area contributed by atoms with Gasteiger partial charge in [0.1, 0.15) is 17.4 Å². The van der Waals surface area contributed by atoms with E-state index in [4.69, 9.17) is 14.5 Å². The predicted octanol–water partition coefficient (Wildman–Crippen LogP) is 1.76. The molecular formula is C21H26N4O3. The molecule has 0 atom stereocenters. The summed E-state index contributed by atoms with van der Waals surface area (Å²) >= 11 is 0. The Morgan fingerprint density at radius 1 is 1.14 bits per heavy atom. The molecule has 7 heteroatoms. The van der Waals surface area contributed by atoms with Gasteiger partial charge >= 0.3 is 0 Å².